The quantitative estimate of drug-likeness (QED) is 0.507. The molecule has 0 heterocycles. The van der Waals surface area contributed by atoms with E-state index in [1.807, 2.05) is 0 Å². The zero-order valence-electron chi connectivity index (χ0n) is 12.4. The molecule has 168 valence electrons. The summed E-state index contributed by atoms with van der Waals surface area (Å²) >= 11 is 0. The fraction of sp³-hybridized carbons (Fsp3) is 0.889. The van der Waals surface area contributed by atoms with Crippen LogP contribution in [0.25, 0.3) is 0 Å². The molecule has 0 aliphatic rings. The first-order valence-electron chi connectivity index (χ1n) is 6.08. The molecule has 0 saturated carbocycles. The largest absolute Gasteiger partial charge is 0.481 e. The van der Waals surface area contributed by atoms with Crippen LogP contribution >= 0.6 is 0 Å². The predicted molar refractivity (Wildman–Crippen MR) is 60.0 cm³/mol. The van der Waals surface area contributed by atoms with Crippen molar-refractivity contribution in [1.82, 2.24) is 4.72 Å². The number of hydrogen-bond donors (Lipinski definition) is 2. The zero-order chi connectivity index (χ0) is 23.2. The number of carboxylic acids is 1. The highest BCUT2D eigenvalue weighted by molar-refractivity contribution is 7.90. The van der Waals surface area contributed by atoms with E-state index in [0.717, 1.165) is 0 Å². The van der Waals surface area contributed by atoms with Gasteiger partial charge in [0.2, 0.25) is 0 Å². The van der Waals surface area contributed by atoms with Crippen LogP contribution in [0.4, 0.5) is 57.1 Å². The molecule has 2 N–H and O–H groups in total. The molecular formula is C9H6F13NO4S. The van der Waals surface area contributed by atoms with E-state index in [9.17, 15) is 70.3 Å². The minimum absolute atomic E-state index is 0.303. The smallest absolute Gasteiger partial charge is 0.460 e. The molecule has 0 aliphatic carbocycles. The van der Waals surface area contributed by atoms with Gasteiger partial charge in [-0.25, -0.2) is 13.1 Å². The van der Waals surface area contributed by atoms with Crippen molar-refractivity contribution < 1.29 is 75.4 Å². The van der Waals surface area contributed by atoms with Crippen LogP contribution in [0.2, 0.25) is 0 Å². The Hall–Kier alpha value is -1.53. The Morgan fingerprint density at radius 2 is 1.07 bits per heavy atom. The number of nitrogens with one attached hydrogen (secondary N) is 1. The van der Waals surface area contributed by atoms with Gasteiger partial charge in [-0.15, -0.1) is 0 Å². The lowest BCUT2D eigenvalue weighted by molar-refractivity contribution is -0.433. The Morgan fingerprint density at radius 1 is 0.714 bits per heavy atom. The van der Waals surface area contributed by atoms with Crippen LogP contribution < -0.4 is 4.72 Å². The average Bonchev–Trinajstić information content (AvgIpc) is 2.44. The lowest BCUT2D eigenvalue weighted by Crippen LogP contribution is -2.71. The monoisotopic (exact) mass is 471 g/mol. The van der Waals surface area contributed by atoms with Crippen molar-refractivity contribution in [3.8, 4) is 0 Å². The molecule has 0 aromatic carbocycles. The number of rotatable bonds is 9. The van der Waals surface area contributed by atoms with Gasteiger partial charge in [0, 0.05) is 6.54 Å². The van der Waals surface area contributed by atoms with Crippen molar-refractivity contribution in [1.29, 1.82) is 0 Å². The summed E-state index contributed by atoms with van der Waals surface area (Å²) in [6.45, 7) is -1.68. The van der Waals surface area contributed by atoms with E-state index >= 15 is 0 Å². The van der Waals surface area contributed by atoms with Crippen molar-refractivity contribution in [2.75, 3.05) is 6.54 Å². The minimum atomic E-state index is -8.26. The van der Waals surface area contributed by atoms with Crippen LogP contribution in [0.1, 0.15) is 6.42 Å². The van der Waals surface area contributed by atoms with Gasteiger partial charge >= 0.3 is 41.1 Å². The summed E-state index contributed by atoms with van der Waals surface area (Å²) in [6, 6.07) is 0. The van der Waals surface area contributed by atoms with Gasteiger partial charge < -0.3 is 5.11 Å². The standard InChI is InChI=1S/C9H6F13NO4S/c10-4(11,6(14,15)8(18,19)20)5(12,13)7(16,17)9(21,22)28(26,27)23-2-1-3(24)25/h23H,1-2H2,(H,24,25). The normalized spacial score (nSPS) is 15.6. The molecular weight excluding hydrogens is 465 g/mol. The molecule has 0 saturated heterocycles. The lowest BCUT2D eigenvalue weighted by atomic mass is 9.98. The van der Waals surface area contributed by atoms with Gasteiger partial charge in [-0.05, 0) is 0 Å². The maximum absolute atomic E-state index is 13.3. The average molecular weight is 471 g/mol. The van der Waals surface area contributed by atoms with Crippen LogP contribution in [0, 0.1) is 0 Å². The summed E-state index contributed by atoms with van der Waals surface area (Å²) in [7, 11) is -7.17. The van der Waals surface area contributed by atoms with Crippen molar-refractivity contribution in [3.63, 3.8) is 0 Å². The van der Waals surface area contributed by atoms with Crippen molar-refractivity contribution in [3.05, 3.63) is 0 Å². The molecule has 19 heteroatoms. The second-order valence-corrected chi connectivity index (χ2v) is 6.66. The Morgan fingerprint density at radius 3 is 1.39 bits per heavy atom. The van der Waals surface area contributed by atoms with Gasteiger partial charge in [0.05, 0.1) is 6.42 Å². The Kier molecular flexibility index (Phi) is 6.68. The Bertz CT molecular complexity index is 699. The van der Waals surface area contributed by atoms with Gasteiger partial charge in [0.1, 0.15) is 0 Å². The molecule has 0 spiro atoms. The summed E-state index contributed by atoms with van der Waals surface area (Å²) in [5, 5.41) is 0.713. The summed E-state index contributed by atoms with van der Waals surface area (Å²) in [4.78, 5) is 10.0. The first-order valence-corrected chi connectivity index (χ1v) is 7.57. The summed E-state index contributed by atoms with van der Waals surface area (Å²) in [5.41, 5.74) is 0. The van der Waals surface area contributed by atoms with E-state index < -0.39 is 64.1 Å². The maximum atomic E-state index is 13.3. The number of carbonyl (C=O) groups is 1. The molecule has 0 aliphatic heterocycles. The molecule has 28 heavy (non-hydrogen) atoms. The van der Waals surface area contributed by atoms with Crippen LogP contribution in [-0.2, 0) is 14.8 Å². The third-order valence-electron chi connectivity index (χ3n) is 2.87. The minimum Gasteiger partial charge on any atom is -0.481 e. The lowest BCUT2D eigenvalue weighted by Gasteiger charge is -2.39. The molecule has 0 rings (SSSR count). The third kappa shape index (κ3) is 3.81. The number of hydrogen-bond acceptors (Lipinski definition) is 3. The maximum Gasteiger partial charge on any atom is 0.460 e. The van der Waals surface area contributed by atoms with E-state index in [4.69, 9.17) is 5.11 Å². The SMILES string of the molecule is O=C(O)CCNS(=O)(=O)C(F)(F)C(F)(F)C(F)(F)C(F)(F)C(F)(F)C(F)(F)F. The van der Waals surface area contributed by atoms with E-state index in [1.54, 1.807) is 0 Å². The molecule has 0 fully saturated rings. The first kappa shape index (κ1) is 26.5. The second-order valence-electron chi connectivity index (χ2n) is 4.85. The first-order chi connectivity index (χ1) is 11.9. The zero-order valence-corrected chi connectivity index (χ0v) is 13.2. The number of sulfonamides is 1. The number of alkyl halides is 13. The van der Waals surface area contributed by atoms with Gasteiger partial charge in [-0.1, -0.05) is 0 Å². The molecule has 0 aromatic heterocycles. The third-order valence-corrected chi connectivity index (χ3v) is 4.39. The summed E-state index contributed by atoms with van der Waals surface area (Å²) in [5.74, 6) is -34.4. The van der Waals surface area contributed by atoms with Crippen LogP contribution in [0.5, 0.6) is 0 Å². The van der Waals surface area contributed by atoms with Gasteiger partial charge in [0.15, 0.2) is 0 Å². The van der Waals surface area contributed by atoms with E-state index in [1.165, 1.54) is 0 Å². The van der Waals surface area contributed by atoms with E-state index in [2.05, 4.69) is 0 Å². The van der Waals surface area contributed by atoms with Crippen molar-refractivity contribution in [2.45, 2.75) is 41.5 Å². The molecule has 0 radical (unpaired) electrons. The second kappa shape index (κ2) is 7.06. The fourth-order valence-electron chi connectivity index (χ4n) is 1.31. The van der Waals surface area contributed by atoms with Crippen LogP contribution in [0.3, 0.4) is 0 Å². The highest BCUT2D eigenvalue weighted by Gasteiger charge is 2.92. The predicted octanol–water partition coefficient (Wildman–Crippen LogP) is 3.08. The molecule has 0 atom stereocenters. The molecule has 0 aromatic rings. The molecule has 5 nitrogen and oxygen atoms in total. The molecule has 0 bridgehead atoms. The number of carboxylic acid groups (broad SMARTS) is 1. The molecule has 0 amide bonds. The van der Waals surface area contributed by atoms with Gasteiger partial charge in [-0.2, -0.15) is 57.1 Å². The molecule has 0 unspecified atom stereocenters. The van der Waals surface area contributed by atoms with Crippen LogP contribution in [-0.4, -0.2) is 61.2 Å². The summed E-state index contributed by atoms with van der Waals surface area (Å²) in [6.07, 6.45) is -9.04. The highest BCUT2D eigenvalue weighted by Crippen LogP contribution is 2.60. The topological polar surface area (TPSA) is 83.5 Å². The van der Waals surface area contributed by atoms with Gasteiger partial charge in [0.25, 0.3) is 10.0 Å². The summed E-state index contributed by atoms with van der Waals surface area (Å²) < 4.78 is 188. The van der Waals surface area contributed by atoms with E-state index in [-0.39, 0.29) is 0 Å². The van der Waals surface area contributed by atoms with Crippen molar-refractivity contribution in [2.24, 2.45) is 0 Å². The highest BCUT2D eigenvalue weighted by atomic mass is 32.2. The number of halogens is 13. The van der Waals surface area contributed by atoms with Crippen LogP contribution in [0.15, 0.2) is 0 Å². The number of aliphatic carboxylic acids is 1. The fourth-order valence-corrected chi connectivity index (χ4v) is 2.32. The van der Waals surface area contributed by atoms with E-state index in [0.29, 0.717) is 4.72 Å². The Labute approximate surface area is 145 Å². The van der Waals surface area contributed by atoms with Gasteiger partial charge in [-0.3, -0.25) is 4.79 Å². The van der Waals surface area contributed by atoms with Crippen molar-refractivity contribution >= 4 is 16.0 Å². The Balaban J connectivity index is 6.29.